The number of halogens is 3. The van der Waals surface area contributed by atoms with Crippen molar-refractivity contribution in [2.75, 3.05) is 33.0 Å². The molecule has 0 bridgehead atoms. The SMILES string of the molecule is CCOc1cc(/C=C2/C(=N)N3N=C(C(F)(F)F)SC3=NC2=O)ccc1OCCOCCOc1cccc(C)c1. The van der Waals surface area contributed by atoms with Gasteiger partial charge < -0.3 is 18.9 Å². The maximum atomic E-state index is 13.0. The minimum atomic E-state index is -4.71. The number of carbonyl (C=O) groups excluding carboxylic acids is 1. The highest BCUT2D eigenvalue weighted by molar-refractivity contribution is 8.27. The van der Waals surface area contributed by atoms with Crippen LogP contribution in [0.1, 0.15) is 18.1 Å². The van der Waals surface area contributed by atoms with Gasteiger partial charge in [0.15, 0.2) is 17.3 Å². The third-order valence-corrected chi connectivity index (χ3v) is 6.20. The lowest BCUT2D eigenvalue weighted by atomic mass is 10.1. The Bertz CT molecular complexity index is 1340. The van der Waals surface area contributed by atoms with Crippen LogP contribution in [0.4, 0.5) is 13.2 Å². The van der Waals surface area contributed by atoms with Crippen LogP contribution in [0.15, 0.2) is 58.1 Å². The summed E-state index contributed by atoms with van der Waals surface area (Å²) in [5.41, 5.74) is 1.37. The molecule has 4 rings (SSSR count). The number of amides is 1. The quantitative estimate of drug-likeness (QED) is 0.302. The molecule has 0 aliphatic carbocycles. The zero-order valence-electron chi connectivity index (χ0n) is 21.1. The second-order valence-corrected chi connectivity index (χ2v) is 9.14. The van der Waals surface area contributed by atoms with Crippen molar-refractivity contribution in [1.29, 1.82) is 5.41 Å². The smallest absolute Gasteiger partial charge is 0.441 e. The molecular formula is C26H25F3N4O5S. The molecule has 0 atom stereocenters. The molecule has 1 amide bonds. The molecule has 39 heavy (non-hydrogen) atoms. The van der Waals surface area contributed by atoms with E-state index < -0.39 is 23.0 Å². The summed E-state index contributed by atoms with van der Waals surface area (Å²) in [6.45, 7) is 5.47. The molecule has 2 aromatic carbocycles. The number of hydrogen-bond donors (Lipinski definition) is 1. The van der Waals surface area contributed by atoms with Crippen molar-refractivity contribution in [2.45, 2.75) is 20.0 Å². The first-order valence-electron chi connectivity index (χ1n) is 11.9. The van der Waals surface area contributed by atoms with Crippen molar-refractivity contribution < 1.29 is 36.9 Å². The molecular weight excluding hydrogens is 537 g/mol. The van der Waals surface area contributed by atoms with Crippen LogP contribution in [0.25, 0.3) is 6.08 Å². The van der Waals surface area contributed by atoms with Gasteiger partial charge in [0.25, 0.3) is 5.91 Å². The number of nitrogens with zero attached hydrogens (tertiary/aromatic N) is 3. The summed E-state index contributed by atoms with van der Waals surface area (Å²) in [5, 5.41) is 10.8. The lowest BCUT2D eigenvalue weighted by Crippen LogP contribution is -2.35. The normalized spacial score (nSPS) is 16.2. The van der Waals surface area contributed by atoms with E-state index in [-0.39, 0.29) is 29.1 Å². The van der Waals surface area contributed by atoms with Crippen LogP contribution in [-0.4, -0.2) is 66.2 Å². The van der Waals surface area contributed by atoms with Crippen molar-refractivity contribution in [3.63, 3.8) is 0 Å². The molecule has 1 N–H and O–H groups in total. The Labute approximate surface area is 226 Å². The maximum Gasteiger partial charge on any atom is 0.441 e. The molecule has 206 valence electrons. The number of carbonyl (C=O) groups is 1. The molecule has 13 heteroatoms. The first kappa shape index (κ1) is 28.2. The Hall–Kier alpha value is -3.84. The number of hydrogen-bond acceptors (Lipinski definition) is 8. The van der Waals surface area contributed by atoms with E-state index in [9.17, 15) is 18.0 Å². The van der Waals surface area contributed by atoms with Gasteiger partial charge in [-0.25, -0.2) is 0 Å². The molecule has 2 aliphatic heterocycles. The molecule has 2 heterocycles. The average Bonchev–Trinajstić information content (AvgIpc) is 3.32. The van der Waals surface area contributed by atoms with Gasteiger partial charge in [0, 0.05) is 0 Å². The van der Waals surface area contributed by atoms with Crippen LogP contribution in [0.3, 0.4) is 0 Å². The van der Waals surface area contributed by atoms with Crippen LogP contribution < -0.4 is 14.2 Å². The zero-order chi connectivity index (χ0) is 28.0. The number of fused-ring (bicyclic) bond motifs is 1. The number of amidine groups is 2. The van der Waals surface area contributed by atoms with E-state index in [1.54, 1.807) is 25.1 Å². The minimum absolute atomic E-state index is 0.200. The Balaban J connectivity index is 1.35. The highest BCUT2D eigenvalue weighted by atomic mass is 32.2. The first-order chi connectivity index (χ1) is 18.7. The molecule has 0 saturated heterocycles. The summed E-state index contributed by atoms with van der Waals surface area (Å²) in [4.78, 5) is 16.2. The highest BCUT2D eigenvalue weighted by Crippen LogP contribution is 2.36. The summed E-state index contributed by atoms with van der Waals surface area (Å²) in [5.74, 6) is 0.279. The van der Waals surface area contributed by atoms with Gasteiger partial charge in [0.05, 0.1) is 25.4 Å². The molecule has 0 aromatic heterocycles. The Morgan fingerprint density at radius 2 is 1.79 bits per heavy atom. The lowest BCUT2D eigenvalue weighted by molar-refractivity contribution is -0.114. The van der Waals surface area contributed by atoms with Gasteiger partial charge in [-0.2, -0.15) is 28.3 Å². The number of ether oxygens (including phenoxy) is 4. The Kier molecular flexibility index (Phi) is 8.92. The Morgan fingerprint density at radius 3 is 2.51 bits per heavy atom. The largest absolute Gasteiger partial charge is 0.491 e. The number of benzene rings is 2. The zero-order valence-corrected chi connectivity index (χ0v) is 21.9. The van der Waals surface area contributed by atoms with Crippen molar-refractivity contribution >= 4 is 39.8 Å². The maximum absolute atomic E-state index is 13.0. The van der Waals surface area contributed by atoms with E-state index >= 15 is 0 Å². The molecule has 2 aromatic rings. The number of aryl methyl sites for hydroxylation is 1. The van der Waals surface area contributed by atoms with Crippen LogP contribution in [0.2, 0.25) is 0 Å². The number of rotatable bonds is 11. The van der Waals surface area contributed by atoms with Crippen LogP contribution >= 0.6 is 11.8 Å². The number of aliphatic imine (C=N–C) groups is 1. The van der Waals surface area contributed by atoms with E-state index in [1.807, 2.05) is 31.2 Å². The predicted octanol–water partition coefficient (Wildman–Crippen LogP) is 5.05. The van der Waals surface area contributed by atoms with Gasteiger partial charge in [-0.3, -0.25) is 10.2 Å². The van der Waals surface area contributed by atoms with E-state index in [1.165, 1.54) is 6.08 Å². The molecule has 0 fully saturated rings. The number of hydrazone groups is 1. The van der Waals surface area contributed by atoms with Crippen molar-refractivity contribution in [2.24, 2.45) is 10.1 Å². The van der Waals surface area contributed by atoms with E-state index in [4.69, 9.17) is 24.4 Å². The second kappa shape index (κ2) is 12.3. The minimum Gasteiger partial charge on any atom is -0.491 e. The van der Waals surface area contributed by atoms with Crippen LogP contribution in [0, 0.1) is 12.3 Å². The Morgan fingerprint density at radius 1 is 1.03 bits per heavy atom. The number of alkyl halides is 3. The number of nitrogens with one attached hydrogen (secondary N) is 1. The van der Waals surface area contributed by atoms with Crippen molar-refractivity contribution in [3.8, 4) is 17.2 Å². The topological polar surface area (TPSA) is 106 Å². The predicted molar refractivity (Wildman–Crippen MR) is 142 cm³/mol. The summed E-state index contributed by atoms with van der Waals surface area (Å²) in [6, 6.07) is 12.6. The van der Waals surface area contributed by atoms with Gasteiger partial charge >= 0.3 is 6.18 Å². The first-order valence-corrected chi connectivity index (χ1v) is 12.7. The van der Waals surface area contributed by atoms with E-state index in [0.29, 0.717) is 48.5 Å². The summed E-state index contributed by atoms with van der Waals surface area (Å²) in [6.07, 6.45) is -3.36. The van der Waals surface area contributed by atoms with Crippen molar-refractivity contribution in [3.05, 3.63) is 59.2 Å². The van der Waals surface area contributed by atoms with E-state index in [0.717, 1.165) is 11.3 Å². The monoisotopic (exact) mass is 562 g/mol. The second-order valence-electron chi connectivity index (χ2n) is 8.19. The molecule has 0 unspecified atom stereocenters. The summed E-state index contributed by atoms with van der Waals surface area (Å²) >= 11 is 0.200. The number of thioether (sulfide) groups is 1. The molecule has 9 nitrogen and oxygen atoms in total. The van der Waals surface area contributed by atoms with Gasteiger partial charge in [-0.15, -0.1) is 0 Å². The van der Waals surface area contributed by atoms with E-state index in [2.05, 4.69) is 10.1 Å². The molecule has 0 spiro atoms. The van der Waals surface area contributed by atoms with Crippen molar-refractivity contribution in [1.82, 2.24) is 5.01 Å². The highest BCUT2D eigenvalue weighted by Gasteiger charge is 2.46. The summed E-state index contributed by atoms with van der Waals surface area (Å²) in [7, 11) is 0. The van der Waals surface area contributed by atoms with Crippen LogP contribution in [0.5, 0.6) is 17.2 Å². The summed E-state index contributed by atoms with van der Waals surface area (Å²) < 4.78 is 61.7. The van der Waals surface area contributed by atoms with Crippen LogP contribution in [-0.2, 0) is 9.53 Å². The fraction of sp³-hybridized carbons (Fsp3) is 0.308. The standard InChI is InChI=1S/C26H25F3N4O5S/c1-3-36-21-15-17(14-19-22(30)33-25(31-23(19)34)39-24(32-33)26(27,28)29)7-8-20(21)38-12-10-35-9-11-37-18-6-4-5-16(2)13-18/h4-8,13-15,30H,3,9-12H2,1-2H3/b19-14-,30-22?. The third kappa shape index (κ3) is 7.18. The fourth-order valence-corrected chi connectivity index (χ4v) is 4.27. The van der Waals surface area contributed by atoms with Gasteiger partial charge in [-0.1, -0.05) is 18.2 Å². The van der Waals surface area contributed by atoms with Gasteiger partial charge in [0.2, 0.25) is 10.2 Å². The molecule has 0 saturated carbocycles. The lowest BCUT2D eigenvalue weighted by Gasteiger charge is -2.20. The molecule has 0 radical (unpaired) electrons. The third-order valence-electron chi connectivity index (χ3n) is 5.25. The fourth-order valence-electron chi connectivity index (χ4n) is 3.51. The molecule has 2 aliphatic rings. The van der Waals surface area contributed by atoms with Gasteiger partial charge in [-0.05, 0) is 67.1 Å². The van der Waals surface area contributed by atoms with Gasteiger partial charge in [0.1, 0.15) is 19.0 Å². The average molecular weight is 563 g/mol.